The van der Waals surface area contributed by atoms with E-state index < -0.39 is 10.2 Å². The lowest BCUT2D eigenvalue weighted by Crippen LogP contribution is -2.52. The average molecular weight is 235 g/mol. The second-order valence-corrected chi connectivity index (χ2v) is 5.47. The molecule has 0 aliphatic carbocycles. The normalized spacial score (nSPS) is 19.6. The monoisotopic (exact) mass is 235 g/mol. The minimum Gasteiger partial charge on any atom is -0.340 e. The number of hydrogen-bond acceptors (Lipinski definition) is 3. The molecule has 1 fully saturated rings. The maximum Gasteiger partial charge on any atom is 0.277 e. The van der Waals surface area contributed by atoms with Crippen LogP contribution in [-0.2, 0) is 15.0 Å². The molecule has 1 rings (SSSR count). The second kappa shape index (κ2) is 4.46. The van der Waals surface area contributed by atoms with Gasteiger partial charge in [-0.2, -0.15) is 12.7 Å². The zero-order valence-electron chi connectivity index (χ0n) is 9.01. The summed E-state index contributed by atoms with van der Waals surface area (Å²) in [6.45, 7) is 5.08. The quantitative estimate of drug-likeness (QED) is 0.665. The van der Waals surface area contributed by atoms with Crippen molar-refractivity contribution in [1.29, 1.82) is 0 Å². The Morgan fingerprint density at radius 1 is 1.20 bits per heavy atom. The number of rotatable bonds is 2. The molecule has 0 radical (unpaired) electrons. The number of carbonyl (C=O) groups excluding carboxylic acids is 1. The van der Waals surface area contributed by atoms with Gasteiger partial charge in [-0.3, -0.25) is 4.79 Å². The molecule has 2 N–H and O–H groups in total. The predicted molar refractivity (Wildman–Crippen MR) is 56.1 cm³/mol. The van der Waals surface area contributed by atoms with Gasteiger partial charge in [0.05, 0.1) is 0 Å². The van der Waals surface area contributed by atoms with Gasteiger partial charge in [-0.25, -0.2) is 5.14 Å². The van der Waals surface area contributed by atoms with Crippen LogP contribution in [-0.4, -0.2) is 49.7 Å². The van der Waals surface area contributed by atoms with Gasteiger partial charge in [0.15, 0.2) is 0 Å². The molecule has 1 amide bonds. The third kappa shape index (κ3) is 3.15. The van der Waals surface area contributed by atoms with Crippen molar-refractivity contribution in [1.82, 2.24) is 9.21 Å². The molecule has 0 atom stereocenters. The summed E-state index contributed by atoms with van der Waals surface area (Å²) in [5, 5.41) is 4.99. The first-order valence-electron chi connectivity index (χ1n) is 4.89. The summed E-state index contributed by atoms with van der Waals surface area (Å²) in [7, 11) is -3.60. The Hall–Kier alpha value is -0.660. The number of nitrogens with two attached hydrogens (primary N) is 1. The first-order chi connectivity index (χ1) is 6.82. The van der Waals surface area contributed by atoms with E-state index in [0.29, 0.717) is 13.1 Å². The summed E-state index contributed by atoms with van der Waals surface area (Å²) in [6.07, 6.45) is 0. The van der Waals surface area contributed by atoms with Crippen molar-refractivity contribution in [2.45, 2.75) is 13.8 Å². The van der Waals surface area contributed by atoms with E-state index in [2.05, 4.69) is 0 Å². The molecule has 0 saturated carbocycles. The summed E-state index contributed by atoms with van der Waals surface area (Å²) >= 11 is 0. The highest BCUT2D eigenvalue weighted by Crippen LogP contribution is 2.08. The van der Waals surface area contributed by atoms with E-state index in [1.54, 1.807) is 4.90 Å². The van der Waals surface area contributed by atoms with Gasteiger partial charge in [0.25, 0.3) is 10.2 Å². The van der Waals surface area contributed by atoms with Gasteiger partial charge < -0.3 is 4.90 Å². The van der Waals surface area contributed by atoms with Crippen LogP contribution in [0.25, 0.3) is 0 Å². The molecule has 7 heteroatoms. The topological polar surface area (TPSA) is 83.7 Å². The summed E-state index contributed by atoms with van der Waals surface area (Å²) in [4.78, 5) is 13.3. The summed E-state index contributed by atoms with van der Waals surface area (Å²) < 4.78 is 23.2. The Labute approximate surface area is 90.2 Å². The second-order valence-electron chi connectivity index (χ2n) is 3.92. The fourth-order valence-electron chi connectivity index (χ4n) is 1.53. The van der Waals surface area contributed by atoms with Gasteiger partial charge >= 0.3 is 0 Å². The molecule has 0 unspecified atom stereocenters. The standard InChI is InChI=1S/C8H17N3O3S/c1-7(2)8(12)10-3-5-11(6-4-10)15(9,13)14/h7H,3-6H2,1-2H3,(H2,9,13,14). The molecule has 1 heterocycles. The van der Waals surface area contributed by atoms with Crippen molar-refractivity contribution in [2.24, 2.45) is 11.1 Å². The molecule has 0 aromatic heterocycles. The number of carbonyl (C=O) groups is 1. The molecule has 1 saturated heterocycles. The van der Waals surface area contributed by atoms with E-state index in [-0.39, 0.29) is 24.9 Å². The van der Waals surface area contributed by atoms with Crippen LogP contribution in [0.15, 0.2) is 0 Å². The first-order valence-corrected chi connectivity index (χ1v) is 6.39. The van der Waals surface area contributed by atoms with Crippen LogP contribution in [0.2, 0.25) is 0 Å². The van der Waals surface area contributed by atoms with Crippen molar-refractivity contribution in [3.8, 4) is 0 Å². The number of piperazine rings is 1. The SMILES string of the molecule is CC(C)C(=O)N1CCN(S(N)(=O)=O)CC1. The molecular weight excluding hydrogens is 218 g/mol. The van der Waals surface area contributed by atoms with Crippen molar-refractivity contribution in [3.63, 3.8) is 0 Å². The predicted octanol–water partition coefficient (Wildman–Crippen LogP) is -1.01. The van der Waals surface area contributed by atoms with Crippen LogP contribution >= 0.6 is 0 Å². The van der Waals surface area contributed by atoms with Gasteiger partial charge in [-0.15, -0.1) is 0 Å². The fourth-order valence-corrected chi connectivity index (χ4v) is 2.20. The Balaban J connectivity index is 2.53. The van der Waals surface area contributed by atoms with E-state index in [0.717, 1.165) is 0 Å². The van der Waals surface area contributed by atoms with E-state index in [1.807, 2.05) is 13.8 Å². The molecule has 0 aromatic carbocycles. The number of hydrogen-bond donors (Lipinski definition) is 1. The van der Waals surface area contributed by atoms with E-state index in [1.165, 1.54) is 4.31 Å². The van der Waals surface area contributed by atoms with Gasteiger partial charge in [0, 0.05) is 32.1 Å². The zero-order chi connectivity index (χ0) is 11.6. The number of amides is 1. The van der Waals surface area contributed by atoms with Gasteiger partial charge in [0.2, 0.25) is 5.91 Å². The Bertz CT molecular complexity index is 331. The molecule has 15 heavy (non-hydrogen) atoms. The molecule has 0 bridgehead atoms. The van der Waals surface area contributed by atoms with Crippen molar-refractivity contribution in [2.75, 3.05) is 26.2 Å². The van der Waals surface area contributed by atoms with Crippen molar-refractivity contribution < 1.29 is 13.2 Å². The van der Waals surface area contributed by atoms with Crippen LogP contribution < -0.4 is 5.14 Å². The van der Waals surface area contributed by atoms with Gasteiger partial charge in [-0.1, -0.05) is 13.8 Å². The van der Waals surface area contributed by atoms with Crippen molar-refractivity contribution >= 4 is 16.1 Å². The molecule has 1 aliphatic rings. The van der Waals surface area contributed by atoms with Crippen LogP contribution in [0.5, 0.6) is 0 Å². The summed E-state index contributed by atoms with van der Waals surface area (Å²) in [5.41, 5.74) is 0. The maximum absolute atomic E-state index is 11.6. The minimum absolute atomic E-state index is 0.0500. The molecular formula is C8H17N3O3S. The lowest BCUT2D eigenvalue weighted by atomic mass is 10.2. The van der Waals surface area contributed by atoms with Gasteiger partial charge in [0.1, 0.15) is 0 Å². The van der Waals surface area contributed by atoms with E-state index in [9.17, 15) is 13.2 Å². The molecule has 0 aromatic rings. The molecule has 6 nitrogen and oxygen atoms in total. The average Bonchev–Trinajstić information content (AvgIpc) is 2.15. The smallest absolute Gasteiger partial charge is 0.277 e. The number of nitrogens with zero attached hydrogens (tertiary/aromatic N) is 2. The molecule has 0 spiro atoms. The first kappa shape index (κ1) is 12.4. The largest absolute Gasteiger partial charge is 0.340 e. The van der Waals surface area contributed by atoms with Crippen LogP contribution in [0.4, 0.5) is 0 Å². The van der Waals surface area contributed by atoms with Crippen LogP contribution in [0, 0.1) is 5.92 Å². The van der Waals surface area contributed by atoms with Crippen molar-refractivity contribution in [3.05, 3.63) is 0 Å². The Kier molecular flexibility index (Phi) is 3.69. The van der Waals surface area contributed by atoms with Gasteiger partial charge in [-0.05, 0) is 0 Å². The third-order valence-corrected chi connectivity index (χ3v) is 3.49. The van der Waals surface area contributed by atoms with E-state index >= 15 is 0 Å². The maximum atomic E-state index is 11.6. The zero-order valence-corrected chi connectivity index (χ0v) is 9.83. The Morgan fingerprint density at radius 3 is 2.00 bits per heavy atom. The van der Waals surface area contributed by atoms with Crippen LogP contribution in [0.1, 0.15) is 13.8 Å². The van der Waals surface area contributed by atoms with E-state index in [4.69, 9.17) is 5.14 Å². The lowest BCUT2D eigenvalue weighted by molar-refractivity contribution is -0.135. The highest BCUT2D eigenvalue weighted by atomic mass is 32.2. The molecule has 1 aliphatic heterocycles. The Morgan fingerprint density at radius 2 is 1.67 bits per heavy atom. The third-order valence-electron chi connectivity index (χ3n) is 2.40. The summed E-state index contributed by atoms with van der Waals surface area (Å²) in [5.74, 6) is 0.00935. The highest BCUT2D eigenvalue weighted by molar-refractivity contribution is 7.86. The molecule has 88 valence electrons. The highest BCUT2D eigenvalue weighted by Gasteiger charge is 2.27. The fraction of sp³-hybridized carbons (Fsp3) is 0.875. The van der Waals surface area contributed by atoms with Crippen LogP contribution in [0.3, 0.4) is 0 Å². The minimum atomic E-state index is -3.60. The summed E-state index contributed by atoms with van der Waals surface area (Å²) in [6, 6.07) is 0. The lowest BCUT2D eigenvalue weighted by Gasteiger charge is -2.33.